The summed E-state index contributed by atoms with van der Waals surface area (Å²) in [6.45, 7) is 2.39. The van der Waals surface area contributed by atoms with Crippen molar-refractivity contribution in [2.75, 3.05) is 18.5 Å². The Labute approximate surface area is 124 Å². The zero-order chi connectivity index (χ0) is 15.7. The normalized spacial score (nSPS) is 26.7. The first-order valence-corrected chi connectivity index (χ1v) is 7.36. The topological polar surface area (TPSA) is 29.3 Å². The Morgan fingerprint density at radius 3 is 2.14 bits per heavy atom. The van der Waals surface area contributed by atoms with Crippen molar-refractivity contribution < 1.29 is 13.2 Å². The van der Waals surface area contributed by atoms with Gasteiger partial charge in [-0.15, -0.1) is 0 Å². The number of benzene rings is 1. The number of nitrogens with two attached hydrogens (primary N) is 1. The van der Waals surface area contributed by atoms with Crippen LogP contribution < -0.4 is 10.6 Å². The van der Waals surface area contributed by atoms with Crippen molar-refractivity contribution in [3.63, 3.8) is 0 Å². The number of hydrogen-bond donors (Lipinski definition) is 1. The van der Waals surface area contributed by atoms with Gasteiger partial charge < -0.3 is 10.6 Å². The van der Waals surface area contributed by atoms with Crippen LogP contribution in [0, 0.1) is 12.8 Å². The van der Waals surface area contributed by atoms with Gasteiger partial charge in [0.1, 0.15) is 0 Å². The van der Waals surface area contributed by atoms with Gasteiger partial charge in [-0.2, -0.15) is 13.2 Å². The van der Waals surface area contributed by atoms with Crippen molar-refractivity contribution in [2.45, 2.75) is 44.3 Å². The number of hydrogen-bond acceptors (Lipinski definition) is 2. The Morgan fingerprint density at radius 1 is 1.19 bits per heavy atom. The zero-order valence-corrected chi connectivity index (χ0v) is 12.6. The molecule has 1 fully saturated rings. The third-order valence-electron chi connectivity index (χ3n) is 4.89. The average molecular weight is 300 g/mol. The van der Waals surface area contributed by atoms with Crippen LogP contribution in [0.5, 0.6) is 0 Å². The predicted molar refractivity (Wildman–Crippen MR) is 79.4 cm³/mol. The fourth-order valence-corrected chi connectivity index (χ4v) is 3.20. The molecule has 1 aliphatic rings. The first-order chi connectivity index (χ1) is 9.78. The molecule has 21 heavy (non-hydrogen) atoms. The zero-order valence-electron chi connectivity index (χ0n) is 12.6. The van der Waals surface area contributed by atoms with Crippen LogP contribution >= 0.6 is 0 Å². The number of alkyl halides is 3. The summed E-state index contributed by atoms with van der Waals surface area (Å²) in [5, 5.41) is 0. The Kier molecular flexibility index (Phi) is 4.51. The fourth-order valence-electron chi connectivity index (χ4n) is 3.20. The van der Waals surface area contributed by atoms with Crippen molar-refractivity contribution >= 4 is 5.69 Å². The third kappa shape index (κ3) is 3.34. The SMILES string of the molecule is Cc1ccc(N(C)C2(CN)CCC(C(F)(F)F)CC2)cc1. The molecule has 0 amide bonds. The standard InChI is InChI=1S/C16H23F3N2/c1-12-3-5-14(6-4-12)21(2)15(11-20)9-7-13(8-10-15)16(17,18)19/h3-6,13H,7-11,20H2,1-2H3. The second-order valence-corrected chi connectivity index (χ2v) is 6.14. The van der Waals surface area contributed by atoms with E-state index in [0.717, 1.165) is 11.3 Å². The summed E-state index contributed by atoms with van der Waals surface area (Å²) in [5.41, 5.74) is 7.75. The number of aryl methyl sites for hydroxylation is 1. The van der Waals surface area contributed by atoms with Crippen molar-refractivity contribution in [3.8, 4) is 0 Å². The van der Waals surface area contributed by atoms with Crippen molar-refractivity contribution in [1.82, 2.24) is 0 Å². The molecule has 0 saturated heterocycles. The largest absolute Gasteiger partial charge is 0.391 e. The van der Waals surface area contributed by atoms with E-state index in [4.69, 9.17) is 5.73 Å². The maximum atomic E-state index is 12.8. The van der Waals surface area contributed by atoms with Crippen LogP contribution in [0.3, 0.4) is 0 Å². The predicted octanol–water partition coefficient (Wildman–Crippen LogP) is 3.88. The first kappa shape index (κ1) is 16.1. The second-order valence-electron chi connectivity index (χ2n) is 6.14. The molecule has 0 unspecified atom stereocenters. The van der Waals surface area contributed by atoms with Crippen LogP contribution in [0.1, 0.15) is 31.2 Å². The number of nitrogens with zero attached hydrogens (tertiary/aromatic N) is 1. The lowest BCUT2D eigenvalue weighted by molar-refractivity contribution is -0.184. The second kappa shape index (κ2) is 5.87. The average Bonchev–Trinajstić information content (AvgIpc) is 2.46. The van der Waals surface area contributed by atoms with E-state index in [-0.39, 0.29) is 18.4 Å². The molecule has 0 aliphatic heterocycles. The lowest BCUT2D eigenvalue weighted by Crippen LogP contribution is -2.55. The van der Waals surface area contributed by atoms with Gasteiger partial charge in [-0.05, 0) is 44.7 Å². The summed E-state index contributed by atoms with van der Waals surface area (Å²) in [7, 11) is 1.94. The quantitative estimate of drug-likeness (QED) is 0.918. The molecule has 5 heteroatoms. The van der Waals surface area contributed by atoms with Crippen LogP contribution in [-0.2, 0) is 0 Å². The highest BCUT2D eigenvalue weighted by Crippen LogP contribution is 2.43. The smallest absolute Gasteiger partial charge is 0.368 e. The van der Waals surface area contributed by atoms with E-state index in [1.807, 2.05) is 38.2 Å². The van der Waals surface area contributed by atoms with Gasteiger partial charge in [0.05, 0.1) is 11.5 Å². The summed E-state index contributed by atoms with van der Waals surface area (Å²) in [4.78, 5) is 2.07. The Bertz CT molecular complexity index is 459. The molecule has 0 aromatic heterocycles. The van der Waals surface area contributed by atoms with Crippen molar-refractivity contribution in [1.29, 1.82) is 0 Å². The Morgan fingerprint density at radius 2 is 1.71 bits per heavy atom. The molecule has 118 valence electrons. The molecule has 1 aromatic rings. The van der Waals surface area contributed by atoms with Gasteiger partial charge in [-0.3, -0.25) is 0 Å². The monoisotopic (exact) mass is 300 g/mol. The molecule has 0 radical (unpaired) electrons. The number of rotatable bonds is 3. The van der Waals surface area contributed by atoms with Crippen LogP contribution in [-0.4, -0.2) is 25.3 Å². The summed E-state index contributed by atoms with van der Waals surface area (Å²) < 4.78 is 38.5. The van der Waals surface area contributed by atoms with Crippen LogP contribution in [0.25, 0.3) is 0 Å². The number of likely N-dealkylation sites (N-methyl/N-ethyl adjacent to an activating group) is 1. The lowest BCUT2D eigenvalue weighted by atomic mass is 9.75. The molecule has 0 atom stereocenters. The fraction of sp³-hybridized carbons (Fsp3) is 0.625. The van der Waals surface area contributed by atoms with Gasteiger partial charge in [0.2, 0.25) is 0 Å². The van der Waals surface area contributed by atoms with E-state index < -0.39 is 12.1 Å². The molecule has 2 rings (SSSR count). The maximum Gasteiger partial charge on any atom is 0.391 e. The molecule has 1 saturated carbocycles. The number of anilines is 1. The van der Waals surface area contributed by atoms with Gasteiger partial charge >= 0.3 is 6.18 Å². The van der Waals surface area contributed by atoms with Gasteiger partial charge in [0.15, 0.2) is 0 Å². The van der Waals surface area contributed by atoms with Gasteiger partial charge in [-0.1, -0.05) is 17.7 Å². The highest BCUT2D eigenvalue weighted by atomic mass is 19.4. The van der Waals surface area contributed by atoms with Crippen LogP contribution in [0.2, 0.25) is 0 Å². The summed E-state index contributed by atoms with van der Waals surface area (Å²) in [5.74, 6) is -1.18. The van der Waals surface area contributed by atoms with E-state index >= 15 is 0 Å². The van der Waals surface area contributed by atoms with Crippen LogP contribution in [0.4, 0.5) is 18.9 Å². The van der Waals surface area contributed by atoms with Gasteiger partial charge in [-0.25, -0.2) is 0 Å². The third-order valence-corrected chi connectivity index (χ3v) is 4.89. The van der Waals surface area contributed by atoms with Gasteiger partial charge in [0.25, 0.3) is 0 Å². The molecule has 1 aliphatic carbocycles. The minimum atomic E-state index is -4.08. The van der Waals surface area contributed by atoms with Crippen molar-refractivity contribution in [3.05, 3.63) is 29.8 Å². The van der Waals surface area contributed by atoms with E-state index in [9.17, 15) is 13.2 Å². The molecule has 0 spiro atoms. The van der Waals surface area contributed by atoms with E-state index in [2.05, 4.69) is 4.90 Å². The Balaban J connectivity index is 2.14. The van der Waals surface area contributed by atoms with Crippen molar-refractivity contribution in [2.24, 2.45) is 11.7 Å². The number of halogens is 3. The molecule has 0 bridgehead atoms. The summed E-state index contributed by atoms with van der Waals surface area (Å²) in [6.07, 6.45) is -2.78. The van der Waals surface area contributed by atoms with Crippen LogP contribution in [0.15, 0.2) is 24.3 Å². The van der Waals surface area contributed by atoms with E-state index in [0.29, 0.717) is 19.4 Å². The minimum absolute atomic E-state index is 0.164. The molecule has 1 aromatic carbocycles. The molecule has 2 N–H and O–H groups in total. The maximum absolute atomic E-state index is 12.8. The molecular weight excluding hydrogens is 277 g/mol. The Hall–Kier alpha value is -1.23. The molecular formula is C16H23F3N2. The molecule has 0 heterocycles. The van der Waals surface area contributed by atoms with E-state index in [1.165, 1.54) is 0 Å². The summed E-state index contributed by atoms with van der Waals surface area (Å²) >= 11 is 0. The van der Waals surface area contributed by atoms with E-state index in [1.54, 1.807) is 0 Å². The minimum Gasteiger partial charge on any atom is -0.368 e. The highest BCUT2D eigenvalue weighted by molar-refractivity contribution is 5.49. The summed E-state index contributed by atoms with van der Waals surface area (Å²) in [6, 6.07) is 8.03. The van der Waals surface area contributed by atoms with Gasteiger partial charge in [0, 0.05) is 19.3 Å². The lowest BCUT2D eigenvalue weighted by Gasteiger charge is -2.47. The highest BCUT2D eigenvalue weighted by Gasteiger charge is 2.46. The molecule has 2 nitrogen and oxygen atoms in total. The first-order valence-electron chi connectivity index (χ1n) is 7.36.